The number of nitrogens with zero attached hydrogens (tertiary/aromatic N) is 2. The Hall–Kier alpha value is -2.99. The summed E-state index contributed by atoms with van der Waals surface area (Å²) in [7, 11) is 0. The molecule has 1 aliphatic heterocycles. The van der Waals surface area contributed by atoms with Crippen molar-refractivity contribution < 1.29 is 9.53 Å². The molecule has 1 saturated carbocycles. The van der Waals surface area contributed by atoms with E-state index in [1.807, 2.05) is 24.5 Å². The largest absolute Gasteiger partial charge is 0.474 e. The highest BCUT2D eigenvalue weighted by atomic mass is 32.2. The number of amides is 1. The van der Waals surface area contributed by atoms with Gasteiger partial charge in [0.25, 0.3) is 5.91 Å². The van der Waals surface area contributed by atoms with Crippen molar-refractivity contribution in [2.45, 2.75) is 37.1 Å². The predicted octanol–water partition coefficient (Wildman–Crippen LogP) is 5.45. The summed E-state index contributed by atoms with van der Waals surface area (Å²) in [4.78, 5) is 20.7. The molecule has 2 heterocycles. The van der Waals surface area contributed by atoms with Gasteiger partial charge in [-0.25, -0.2) is 4.98 Å². The minimum Gasteiger partial charge on any atom is -0.474 e. The van der Waals surface area contributed by atoms with Gasteiger partial charge in [0.15, 0.2) is 0 Å². The number of carbonyl (C=O) groups is 1. The molecule has 0 atom stereocenters. The van der Waals surface area contributed by atoms with Gasteiger partial charge in [-0.05, 0) is 85.0 Å². The first-order valence-corrected chi connectivity index (χ1v) is 12.3. The highest BCUT2D eigenvalue weighted by Crippen LogP contribution is 2.43. The van der Waals surface area contributed by atoms with Crippen molar-refractivity contribution in [1.29, 1.82) is 0 Å². The summed E-state index contributed by atoms with van der Waals surface area (Å²) in [6.07, 6.45) is 4.61. The van der Waals surface area contributed by atoms with E-state index < -0.39 is 0 Å². The van der Waals surface area contributed by atoms with E-state index in [1.165, 1.54) is 34.6 Å². The van der Waals surface area contributed by atoms with Crippen LogP contribution in [0.4, 0.5) is 11.4 Å². The number of aromatic nitrogens is 1. The van der Waals surface area contributed by atoms with Crippen molar-refractivity contribution in [3.63, 3.8) is 0 Å². The third-order valence-electron chi connectivity index (χ3n) is 5.97. The van der Waals surface area contributed by atoms with E-state index in [0.717, 1.165) is 17.8 Å². The van der Waals surface area contributed by atoms with Crippen molar-refractivity contribution in [2.24, 2.45) is 0 Å². The van der Waals surface area contributed by atoms with Crippen molar-refractivity contribution in [1.82, 2.24) is 10.3 Å². The number of thioether (sulfide) groups is 1. The molecule has 32 heavy (non-hydrogen) atoms. The Morgan fingerprint density at radius 2 is 1.97 bits per heavy atom. The monoisotopic (exact) mass is 445 g/mol. The minimum atomic E-state index is -0.200. The van der Waals surface area contributed by atoms with E-state index in [9.17, 15) is 4.79 Å². The third kappa shape index (κ3) is 4.46. The zero-order valence-electron chi connectivity index (χ0n) is 18.4. The van der Waals surface area contributed by atoms with Crippen LogP contribution in [0.15, 0.2) is 59.5 Å². The molecule has 1 N–H and O–H groups in total. The molecule has 0 unspecified atom stereocenters. The normalized spacial score (nSPS) is 15.1. The summed E-state index contributed by atoms with van der Waals surface area (Å²) in [5.74, 6) is 1.02. The zero-order valence-corrected chi connectivity index (χ0v) is 19.2. The van der Waals surface area contributed by atoms with Gasteiger partial charge in [0.1, 0.15) is 18.0 Å². The molecule has 0 spiro atoms. The van der Waals surface area contributed by atoms with Crippen LogP contribution in [-0.4, -0.2) is 30.3 Å². The molecule has 1 fully saturated rings. The molecule has 6 heteroatoms. The topological polar surface area (TPSA) is 54.5 Å². The highest BCUT2D eigenvalue weighted by molar-refractivity contribution is 7.98. The molecule has 5 nitrogen and oxygen atoms in total. The summed E-state index contributed by atoms with van der Waals surface area (Å²) in [5, 5.41) is 2.96. The molecule has 3 aromatic rings. The number of ether oxygens (including phenoxy) is 1. The standard InChI is InChI=1S/C26H27N3O2S/c1-17-13-20(19-5-6-19)15-21(14-17)29-11-12-31-26-24(29)10-9-23(28-26)25(30)27-16-18-3-7-22(32-2)8-4-18/h3-4,7-10,13-15,19H,5-6,11-12,16H2,1-2H3,(H,27,30). The van der Waals surface area contributed by atoms with Crippen LogP contribution in [0.25, 0.3) is 0 Å². The molecule has 0 radical (unpaired) electrons. The van der Waals surface area contributed by atoms with Crippen LogP contribution < -0.4 is 15.0 Å². The van der Waals surface area contributed by atoms with E-state index >= 15 is 0 Å². The van der Waals surface area contributed by atoms with Gasteiger partial charge in [-0.1, -0.05) is 18.2 Å². The predicted molar refractivity (Wildman–Crippen MR) is 129 cm³/mol. The minimum absolute atomic E-state index is 0.200. The first kappa shape index (κ1) is 20.9. The fraction of sp³-hybridized carbons (Fsp3) is 0.308. The molecule has 0 saturated heterocycles. The van der Waals surface area contributed by atoms with E-state index in [1.54, 1.807) is 17.8 Å². The lowest BCUT2D eigenvalue weighted by atomic mass is 10.1. The number of nitrogens with one attached hydrogen (secondary N) is 1. The molecule has 5 rings (SSSR count). The second-order valence-electron chi connectivity index (χ2n) is 8.43. The molecular formula is C26H27N3O2S. The maximum absolute atomic E-state index is 12.7. The molecule has 1 aromatic heterocycles. The lowest BCUT2D eigenvalue weighted by Gasteiger charge is -2.31. The summed E-state index contributed by atoms with van der Waals surface area (Å²) < 4.78 is 5.84. The maximum Gasteiger partial charge on any atom is 0.270 e. The number of hydrogen-bond acceptors (Lipinski definition) is 5. The number of hydrogen-bond donors (Lipinski definition) is 1. The number of fused-ring (bicyclic) bond motifs is 1. The Bertz CT molecular complexity index is 1140. The lowest BCUT2D eigenvalue weighted by molar-refractivity contribution is 0.0944. The molecule has 0 bridgehead atoms. The molecule has 2 aliphatic rings. The highest BCUT2D eigenvalue weighted by Gasteiger charge is 2.27. The van der Waals surface area contributed by atoms with Gasteiger partial charge in [0, 0.05) is 17.1 Å². The van der Waals surface area contributed by atoms with Gasteiger partial charge in [0.05, 0.1) is 6.54 Å². The van der Waals surface area contributed by atoms with Gasteiger partial charge < -0.3 is 15.0 Å². The summed E-state index contributed by atoms with van der Waals surface area (Å²) in [5.41, 5.74) is 6.20. The quantitative estimate of drug-likeness (QED) is 0.511. The maximum atomic E-state index is 12.7. The third-order valence-corrected chi connectivity index (χ3v) is 6.72. The number of pyridine rings is 1. The van der Waals surface area contributed by atoms with Crippen LogP contribution in [0.5, 0.6) is 5.88 Å². The van der Waals surface area contributed by atoms with Crippen molar-refractivity contribution >= 4 is 29.0 Å². The van der Waals surface area contributed by atoms with E-state index in [2.05, 4.69) is 52.5 Å². The Kier molecular flexibility index (Phi) is 5.79. The summed E-state index contributed by atoms with van der Waals surface area (Å²) >= 11 is 1.70. The number of benzene rings is 2. The molecule has 1 amide bonds. The first-order valence-electron chi connectivity index (χ1n) is 11.0. The second kappa shape index (κ2) is 8.87. The van der Waals surface area contributed by atoms with Gasteiger partial charge in [0.2, 0.25) is 5.88 Å². The fourth-order valence-corrected chi connectivity index (χ4v) is 4.52. The van der Waals surface area contributed by atoms with Gasteiger partial charge in [-0.3, -0.25) is 4.79 Å². The van der Waals surface area contributed by atoms with Crippen molar-refractivity contribution in [2.75, 3.05) is 24.3 Å². The summed E-state index contributed by atoms with van der Waals surface area (Å²) in [6, 6.07) is 18.7. The number of aryl methyl sites for hydroxylation is 1. The Morgan fingerprint density at radius 3 is 2.72 bits per heavy atom. The van der Waals surface area contributed by atoms with Crippen molar-refractivity contribution in [3.05, 3.63) is 77.0 Å². The van der Waals surface area contributed by atoms with E-state index in [0.29, 0.717) is 30.6 Å². The second-order valence-corrected chi connectivity index (χ2v) is 9.31. The van der Waals surface area contributed by atoms with Gasteiger partial charge >= 0.3 is 0 Å². The van der Waals surface area contributed by atoms with Crippen LogP contribution in [-0.2, 0) is 6.54 Å². The average Bonchev–Trinajstić information content (AvgIpc) is 3.67. The molecule has 164 valence electrons. The SMILES string of the molecule is CSc1ccc(CNC(=O)c2ccc3c(n2)OCCN3c2cc(C)cc(C3CC3)c2)cc1. The Balaban J connectivity index is 1.33. The first-order chi connectivity index (χ1) is 15.6. The number of carbonyl (C=O) groups excluding carboxylic acids is 1. The average molecular weight is 446 g/mol. The van der Waals surface area contributed by atoms with Crippen LogP contribution in [0, 0.1) is 6.92 Å². The van der Waals surface area contributed by atoms with Gasteiger partial charge in [-0.15, -0.1) is 11.8 Å². The Labute approximate surface area is 193 Å². The van der Waals surface area contributed by atoms with E-state index in [-0.39, 0.29) is 5.91 Å². The molecule has 1 aliphatic carbocycles. The smallest absolute Gasteiger partial charge is 0.270 e. The summed E-state index contributed by atoms with van der Waals surface area (Å²) in [6.45, 7) is 3.92. The molecular weight excluding hydrogens is 418 g/mol. The zero-order chi connectivity index (χ0) is 22.1. The lowest BCUT2D eigenvalue weighted by Crippen LogP contribution is -2.30. The number of anilines is 2. The Morgan fingerprint density at radius 1 is 1.16 bits per heavy atom. The number of rotatable bonds is 6. The molecule has 2 aromatic carbocycles. The van der Waals surface area contributed by atoms with Crippen LogP contribution >= 0.6 is 11.8 Å². The van der Waals surface area contributed by atoms with Crippen LogP contribution in [0.1, 0.15) is 45.9 Å². The van der Waals surface area contributed by atoms with Crippen LogP contribution in [0.2, 0.25) is 0 Å². The van der Waals surface area contributed by atoms with E-state index in [4.69, 9.17) is 4.74 Å². The van der Waals surface area contributed by atoms with Gasteiger partial charge in [-0.2, -0.15) is 0 Å². The van der Waals surface area contributed by atoms with Crippen molar-refractivity contribution in [3.8, 4) is 5.88 Å². The van der Waals surface area contributed by atoms with Crippen LogP contribution in [0.3, 0.4) is 0 Å². The fourth-order valence-electron chi connectivity index (χ4n) is 4.11.